The highest BCUT2D eigenvalue weighted by molar-refractivity contribution is 5.70. The molecule has 0 amide bonds. The Hall–Kier alpha value is -1.06. The zero-order valence-electron chi connectivity index (χ0n) is 12.5. The zero-order chi connectivity index (χ0) is 14.4. The van der Waals surface area contributed by atoms with Gasteiger partial charge in [0.05, 0.1) is 12.8 Å². The molecule has 0 rings (SSSR count). The normalized spacial score (nSPS) is 12.1. The Bertz CT molecular complexity index is 251. The van der Waals surface area contributed by atoms with Gasteiger partial charge in [-0.05, 0) is 10.8 Å². The van der Waals surface area contributed by atoms with Crippen LogP contribution in [-0.4, -0.2) is 25.2 Å². The van der Waals surface area contributed by atoms with Crippen molar-refractivity contribution in [1.29, 1.82) is 0 Å². The van der Waals surface area contributed by atoms with E-state index in [4.69, 9.17) is 9.47 Å². The number of hydrogen-bond acceptors (Lipinski definition) is 4. The smallest absolute Gasteiger partial charge is 0.306 e. The van der Waals surface area contributed by atoms with Crippen molar-refractivity contribution in [2.75, 3.05) is 13.2 Å². The molecule has 0 unspecified atom stereocenters. The van der Waals surface area contributed by atoms with E-state index in [0.29, 0.717) is 12.8 Å². The Morgan fingerprint density at radius 1 is 0.722 bits per heavy atom. The number of esters is 2. The minimum Gasteiger partial charge on any atom is -0.462 e. The van der Waals surface area contributed by atoms with Crippen LogP contribution in [0.2, 0.25) is 0 Å². The number of ether oxygens (including phenoxy) is 2. The van der Waals surface area contributed by atoms with E-state index in [2.05, 4.69) is 0 Å². The molecule has 4 heteroatoms. The van der Waals surface area contributed by atoms with Crippen molar-refractivity contribution in [2.24, 2.45) is 10.8 Å². The molecule has 0 bridgehead atoms. The van der Waals surface area contributed by atoms with Gasteiger partial charge in [-0.15, -0.1) is 0 Å². The Balaban J connectivity index is 3.69. The van der Waals surface area contributed by atoms with Crippen LogP contribution in [0.15, 0.2) is 0 Å². The van der Waals surface area contributed by atoms with Crippen LogP contribution in [0.4, 0.5) is 0 Å². The van der Waals surface area contributed by atoms with Crippen LogP contribution in [0.1, 0.15) is 54.4 Å². The van der Waals surface area contributed by atoms with Gasteiger partial charge in [0, 0.05) is 0 Å². The zero-order valence-corrected chi connectivity index (χ0v) is 12.5. The first-order valence-electron chi connectivity index (χ1n) is 6.31. The third-order valence-corrected chi connectivity index (χ3v) is 1.96. The molecule has 0 saturated heterocycles. The van der Waals surface area contributed by atoms with Crippen LogP contribution in [0.25, 0.3) is 0 Å². The van der Waals surface area contributed by atoms with Gasteiger partial charge in [0.2, 0.25) is 0 Å². The minimum absolute atomic E-state index is 0.0833. The minimum atomic E-state index is -0.255. The molecule has 0 saturated carbocycles. The van der Waals surface area contributed by atoms with Crippen molar-refractivity contribution in [1.82, 2.24) is 0 Å². The predicted molar refractivity (Wildman–Crippen MR) is 70.1 cm³/mol. The summed E-state index contributed by atoms with van der Waals surface area (Å²) in [5.41, 5.74) is -0.167. The molecule has 0 aliphatic heterocycles. The van der Waals surface area contributed by atoms with Crippen molar-refractivity contribution in [3.8, 4) is 0 Å². The van der Waals surface area contributed by atoms with E-state index in [1.165, 1.54) is 0 Å². The summed E-state index contributed by atoms with van der Waals surface area (Å²) in [6.45, 7) is 12.1. The van der Waals surface area contributed by atoms with E-state index >= 15 is 0 Å². The third-order valence-electron chi connectivity index (χ3n) is 1.96. The molecule has 106 valence electrons. The van der Waals surface area contributed by atoms with E-state index < -0.39 is 0 Å². The lowest BCUT2D eigenvalue weighted by Gasteiger charge is -2.17. The van der Waals surface area contributed by atoms with Crippen molar-refractivity contribution in [2.45, 2.75) is 54.4 Å². The van der Waals surface area contributed by atoms with E-state index in [9.17, 15) is 9.59 Å². The maximum absolute atomic E-state index is 11.4. The van der Waals surface area contributed by atoms with Gasteiger partial charge in [-0.3, -0.25) is 9.59 Å². The first-order chi connectivity index (χ1) is 7.99. The van der Waals surface area contributed by atoms with Crippen molar-refractivity contribution in [3.63, 3.8) is 0 Å². The summed E-state index contributed by atoms with van der Waals surface area (Å²) in [5, 5.41) is 0. The van der Waals surface area contributed by atoms with Crippen molar-refractivity contribution in [3.05, 3.63) is 0 Å². The quantitative estimate of drug-likeness (QED) is 0.562. The summed E-state index contributed by atoms with van der Waals surface area (Å²) in [7, 11) is 0. The van der Waals surface area contributed by atoms with Gasteiger partial charge < -0.3 is 9.47 Å². The van der Waals surface area contributed by atoms with Gasteiger partial charge in [0.1, 0.15) is 13.2 Å². The highest BCUT2D eigenvalue weighted by atomic mass is 16.6. The molecule has 0 radical (unpaired) electrons. The molecule has 0 aliphatic carbocycles. The molecule has 0 aliphatic rings. The summed E-state index contributed by atoms with van der Waals surface area (Å²) < 4.78 is 9.96. The standard InChI is InChI=1S/C14H26O4/c1-13(2,3)9-11(15)17-7-8-18-12(16)10-14(4,5)6/h7-10H2,1-6H3. The lowest BCUT2D eigenvalue weighted by molar-refractivity contribution is -0.154. The summed E-state index contributed by atoms with van der Waals surface area (Å²) in [4.78, 5) is 22.7. The number of rotatable bonds is 5. The maximum Gasteiger partial charge on any atom is 0.306 e. The van der Waals surface area contributed by atoms with Gasteiger partial charge in [-0.1, -0.05) is 41.5 Å². The number of carbonyl (C=O) groups is 2. The fourth-order valence-corrected chi connectivity index (χ4v) is 1.28. The highest BCUT2D eigenvalue weighted by Crippen LogP contribution is 2.19. The molecule has 0 spiro atoms. The van der Waals surface area contributed by atoms with Gasteiger partial charge in [-0.2, -0.15) is 0 Å². The summed E-state index contributed by atoms with van der Waals surface area (Å²) in [6, 6.07) is 0. The molecule has 0 heterocycles. The Kier molecular flexibility index (Phi) is 6.36. The summed E-state index contributed by atoms with van der Waals surface area (Å²) in [5.74, 6) is -0.510. The Labute approximate surface area is 110 Å². The maximum atomic E-state index is 11.4. The van der Waals surface area contributed by atoms with Crippen LogP contribution in [-0.2, 0) is 19.1 Å². The SMILES string of the molecule is CC(C)(C)CC(=O)OCCOC(=O)CC(C)(C)C. The molecule has 0 aromatic heterocycles. The second kappa shape index (κ2) is 6.76. The fraction of sp³-hybridized carbons (Fsp3) is 0.857. The molecule has 0 fully saturated rings. The first-order valence-corrected chi connectivity index (χ1v) is 6.31. The van der Waals surface area contributed by atoms with E-state index in [-0.39, 0.29) is 36.0 Å². The number of hydrogen-bond donors (Lipinski definition) is 0. The van der Waals surface area contributed by atoms with E-state index in [1.807, 2.05) is 41.5 Å². The molecule has 0 aromatic carbocycles. The van der Waals surface area contributed by atoms with Crippen molar-refractivity contribution < 1.29 is 19.1 Å². The lowest BCUT2D eigenvalue weighted by Crippen LogP contribution is -2.20. The molecular formula is C14H26O4. The first kappa shape index (κ1) is 16.9. The van der Waals surface area contributed by atoms with Gasteiger partial charge >= 0.3 is 11.9 Å². The average molecular weight is 258 g/mol. The molecule has 4 nitrogen and oxygen atoms in total. The van der Waals surface area contributed by atoms with Crippen LogP contribution in [0, 0.1) is 10.8 Å². The average Bonchev–Trinajstić information content (AvgIpc) is 2.06. The molecule has 18 heavy (non-hydrogen) atoms. The number of carbonyl (C=O) groups excluding carboxylic acids is 2. The second-order valence-corrected chi connectivity index (χ2v) is 6.92. The van der Waals surface area contributed by atoms with Crippen LogP contribution >= 0.6 is 0 Å². The lowest BCUT2D eigenvalue weighted by atomic mass is 9.92. The van der Waals surface area contributed by atoms with Crippen LogP contribution in [0.5, 0.6) is 0 Å². The van der Waals surface area contributed by atoms with Gasteiger partial charge in [0.25, 0.3) is 0 Å². The second-order valence-electron chi connectivity index (χ2n) is 6.92. The molecule has 0 atom stereocenters. The van der Waals surface area contributed by atoms with E-state index in [1.54, 1.807) is 0 Å². The van der Waals surface area contributed by atoms with Crippen LogP contribution < -0.4 is 0 Å². The highest BCUT2D eigenvalue weighted by Gasteiger charge is 2.18. The van der Waals surface area contributed by atoms with Crippen LogP contribution in [0.3, 0.4) is 0 Å². The molecule has 0 N–H and O–H groups in total. The Morgan fingerprint density at radius 2 is 1.00 bits per heavy atom. The van der Waals surface area contributed by atoms with Gasteiger partial charge in [-0.25, -0.2) is 0 Å². The predicted octanol–water partition coefficient (Wildman–Crippen LogP) is 2.95. The topological polar surface area (TPSA) is 52.6 Å². The third kappa shape index (κ3) is 11.4. The van der Waals surface area contributed by atoms with E-state index in [0.717, 1.165) is 0 Å². The fourth-order valence-electron chi connectivity index (χ4n) is 1.28. The van der Waals surface area contributed by atoms with Crippen molar-refractivity contribution >= 4 is 11.9 Å². The van der Waals surface area contributed by atoms with Gasteiger partial charge in [0.15, 0.2) is 0 Å². The summed E-state index contributed by atoms with van der Waals surface area (Å²) >= 11 is 0. The summed E-state index contributed by atoms with van der Waals surface area (Å²) in [6.07, 6.45) is 0.728. The largest absolute Gasteiger partial charge is 0.462 e. The monoisotopic (exact) mass is 258 g/mol. The molecular weight excluding hydrogens is 232 g/mol. The Morgan fingerprint density at radius 3 is 1.22 bits per heavy atom. The molecule has 0 aromatic rings.